The van der Waals surface area contributed by atoms with E-state index < -0.39 is 6.17 Å². The van der Waals surface area contributed by atoms with Crippen LogP contribution in [-0.4, -0.2) is 6.54 Å². The van der Waals surface area contributed by atoms with Crippen LogP contribution in [0.2, 0.25) is 0 Å². The van der Waals surface area contributed by atoms with Crippen molar-refractivity contribution in [2.24, 2.45) is 0 Å². The van der Waals surface area contributed by atoms with Crippen LogP contribution in [0, 0.1) is 0 Å². The molecule has 0 fully saturated rings. The largest absolute Gasteiger partial charge is 0.384 e. The molecule has 0 radical (unpaired) electrons. The van der Waals surface area contributed by atoms with Crippen molar-refractivity contribution >= 4 is 21.6 Å². The third-order valence-corrected chi connectivity index (χ3v) is 2.98. The first kappa shape index (κ1) is 9.00. The maximum absolute atomic E-state index is 13.6. The Labute approximate surface area is 85.5 Å². The van der Waals surface area contributed by atoms with Gasteiger partial charge in [-0.15, -0.1) is 0 Å². The van der Waals surface area contributed by atoms with Gasteiger partial charge in [0.2, 0.25) is 0 Å². The second-order valence-electron chi connectivity index (χ2n) is 3.24. The van der Waals surface area contributed by atoms with Gasteiger partial charge in [-0.25, -0.2) is 4.39 Å². The Hall–Kier alpha value is -0.570. The standard InChI is InChI=1S/C10H11BrFN/c11-8-4-1-3-7-9(12)5-2-6-13-10(7)8/h1,3-4,9,13H,2,5-6H2. The Morgan fingerprint density at radius 2 is 2.31 bits per heavy atom. The van der Waals surface area contributed by atoms with Gasteiger partial charge in [-0.1, -0.05) is 12.1 Å². The molecule has 0 bridgehead atoms. The van der Waals surface area contributed by atoms with Crippen LogP contribution in [0.1, 0.15) is 24.6 Å². The molecule has 0 saturated carbocycles. The van der Waals surface area contributed by atoms with Crippen LogP contribution in [0.3, 0.4) is 0 Å². The quantitative estimate of drug-likeness (QED) is 0.734. The van der Waals surface area contributed by atoms with Crippen LogP contribution in [0.5, 0.6) is 0 Å². The maximum atomic E-state index is 13.6. The Morgan fingerprint density at radius 3 is 3.15 bits per heavy atom. The molecule has 1 aromatic rings. The number of fused-ring (bicyclic) bond motifs is 1. The van der Waals surface area contributed by atoms with Crippen LogP contribution in [0.15, 0.2) is 22.7 Å². The molecule has 1 heterocycles. The molecule has 0 saturated heterocycles. The van der Waals surface area contributed by atoms with Crippen molar-refractivity contribution < 1.29 is 4.39 Å². The van der Waals surface area contributed by atoms with E-state index in [9.17, 15) is 4.39 Å². The summed E-state index contributed by atoms with van der Waals surface area (Å²) in [5.74, 6) is 0. The average Bonchev–Trinajstić information content (AvgIpc) is 2.30. The number of rotatable bonds is 0. The minimum Gasteiger partial charge on any atom is -0.384 e. The summed E-state index contributed by atoms with van der Waals surface area (Å²) in [4.78, 5) is 0. The molecular weight excluding hydrogens is 233 g/mol. The molecule has 1 nitrogen and oxygen atoms in total. The second-order valence-corrected chi connectivity index (χ2v) is 4.09. The van der Waals surface area contributed by atoms with Crippen LogP contribution in [0.4, 0.5) is 10.1 Å². The molecule has 1 aromatic carbocycles. The van der Waals surface area contributed by atoms with Crippen molar-refractivity contribution in [3.63, 3.8) is 0 Å². The van der Waals surface area contributed by atoms with Crippen LogP contribution in [-0.2, 0) is 0 Å². The second kappa shape index (κ2) is 3.66. The van der Waals surface area contributed by atoms with Crippen LogP contribution in [0.25, 0.3) is 0 Å². The fraction of sp³-hybridized carbons (Fsp3) is 0.400. The van der Waals surface area contributed by atoms with Crippen molar-refractivity contribution in [1.82, 2.24) is 0 Å². The highest BCUT2D eigenvalue weighted by atomic mass is 79.9. The van der Waals surface area contributed by atoms with E-state index >= 15 is 0 Å². The Balaban J connectivity index is 2.47. The zero-order chi connectivity index (χ0) is 9.26. The van der Waals surface area contributed by atoms with Crippen LogP contribution >= 0.6 is 15.9 Å². The lowest BCUT2D eigenvalue weighted by molar-refractivity contribution is 0.324. The van der Waals surface area contributed by atoms with E-state index in [0.717, 1.165) is 28.7 Å². The zero-order valence-electron chi connectivity index (χ0n) is 7.19. The predicted molar refractivity (Wildman–Crippen MR) is 55.7 cm³/mol. The molecule has 1 N–H and O–H groups in total. The van der Waals surface area contributed by atoms with Gasteiger partial charge >= 0.3 is 0 Å². The van der Waals surface area contributed by atoms with Crippen molar-refractivity contribution in [3.05, 3.63) is 28.2 Å². The first-order chi connectivity index (χ1) is 6.29. The van der Waals surface area contributed by atoms with E-state index in [1.165, 1.54) is 0 Å². The normalized spacial score (nSPS) is 21.5. The molecule has 1 aliphatic heterocycles. The van der Waals surface area contributed by atoms with Gasteiger partial charge < -0.3 is 5.32 Å². The van der Waals surface area contributed by atoms with Crippen molar-refractivity contribution in [1.29, 1.82) is 0 Å². The Morgan fingerprint density at radius 1 is 1.46 bits per heavy atom. The van der Waals surface area contributed by atoms with Gasteiger partial charge in [0.1, 0.15) is 6.17 Å². The summed E-state index contributed by atoms with van der Waals surface area (Å²) in [5.41, 5.74) is 1.71. The van der Waals surface area contributed by atoms with E-state index in [1.807, 2.05) is 18.2 Å². The fourth-order valence-corrected chi connectivity index (χ4v) is 2.16. The van der Waals surface area contributed by atoms with Crippen molar-refractivity contribution in [2.75, 3.05) is 11.9 Å². The molecule has 0 spiro atoms. The van der Waals surface area contributed by atoms with Gasteiger partial charge in [-0.3, -0.25) is 0 Å². The number of halogens is 2. The number of anilines is 1. The predicted octanol–water partition coefficient (Wildman–Crippen LogP) is 3.67. The summed E-state index contributed by atoms with van der Waals surface area (Å²) in [6.45, 7) is 0.857. The van der Waals surface area contributed by atoms with E-state index in [2.05, 4.69) is 21.2 Å². The number of para-hydroxylation sites is 1. The SMILES string of the molecule is FC1CCCNc2c(Br)cccc21. The Kier molecular flexibility index (Phi) is 2.54. The number of alkyl halides is 1. The van der Waals surface area contributed by atoms with Gasteiger partial charge in [0, 0.05) is 16.6 Å². The van der Waals surface area contributed by atoms with Gasteiger partial charge in [-0.2, -0.15) is 0 Å². The summed E-state index contributed by atoms with van der Waals surface area (Å²) in [5, 5.41) is 3.24. The molecule has 0 aliphatic carbocycles. The molecule has 1 aliphatic rings. The topological polar surface area (TPSA) is 12.0 Å². The minimum absolute atomic E-state index is 0.621. The van der Waals surface area contributed by atoms with E-state index in [-0.39, 0.29) is 0 Å². The lowest BCUT2D eigenvalue weighted by atomic mass is 10.1. The van der Waals surface area contributed by atoms with Gasteiger partial charge in [0.25, 0.3) is 0 Å². The third-order valence-electron chi connectivity index (χ3n) is 2.32. The minimum atomic E-state index is -0.817. The number of hydrogen-bond acceptors (Lipinski definition) is 1. The van der Waals surface area contributed by atoms with E-state index in [4.69, 9.17) is 0 Å². The van der Waals surface area contributed by atoms with Crippen molar-refractivity contribution in [3.8, 4) is 0 Å². The summed E-state index contributed by atoms with van der Waals surface area (Å²) < 4.78 is 14.5. The van der Waals surface area contributed by atoms with E-state index in [0.29, 0.717) is 6.42 Å². The fourth-order valence-electron chi connectivity index (χ4n) is 1.64. The summed E-state index contributed by atoms with van der Waals surface area (Å²) in [7, 11) is 0. The smallest absolute Gasteiger partial charge is 0.127 e. The average molecular weight is 244 g/mol. The number of nitrogens with one attached hydrogen (secondary N) is 1. The van der Waals surface area contributed by atoms with Gasteiger partial charge in [0.05, 0.1) is 5.69 Å². The molecule has 70 valence electrons. The summed E-state index contributed by atoms with van der Waals surface area (Å²) in [6, 6.07) is 5.66. The molecule has 3 heteroatoms. The third kappa shape index (κ3) is 1.70. The Bertz CT molecular complexity index is 314. The molecule has 1 unspecified atom stereocenters. The molecular formula is C10H11BrFN. The van der Waals surface area contributed by atoms with Gasteiger partial charge in [-0.05, 0) is 34.8 Å². The zero-order valence-corrected chi connectivity index (χ0v) is 8.77. The lowest BCUT2D eigenvalue weighted by Crippen LogP contribution is -2.00. The highest BCUT2D eigenvalue weighted by molar-refractivity contribution is 9.10. The highest BCUT2D eigenvalue weighted by Crippen LogP contribution is 2.36. The number of hydrogen-bond donors (Lipinski definition) is 1. The van der Waals surface area contributed by atoms with E-state index in [1.54, 1.807) is 0 Å². The molecule has 13 heavy (non-hydrogen) atoms. The number of benzene rings is 1. The monoisotopic (exact) mass is 243 g/mol. The summed E-state index contributed by atoms with van der Waals surface area (Å²) in [6.07, 6.45) is 0.696. The lowest BCUT2D eigenvalue weighted by Gasteiger charge is -2.11. The van der Waals surface area contributed by atoms with Crippen LogP contribution < -0.4 is 5.32 Å². The first-order valence-electron chi connectivity index (χ1n) is 4.45. The molecule has 1 atom stereocenters. The molecule has 0 amide bonds. The van der Waals surface area contributed by atoms with Crippen molar-refractivity contribution in [2.45, 2.75) is 19.0 Å². The van der Waals surface area contributed by atoms with Gasteiger partial charge in [0.15, 0.2) is 0 Å². The molecule has 2 rings (SSSR count). The maximum Gasteiger partial charge on any atom is 0.127 e. The highest BCUT2D eigenvalue weighted by Gasteiger charge is 2.18. The first-order valence-corrected chi connectivity index (χ1v) is 5.24. The molecule has 0 aromatic heterocycles. The summed E-state index contributed by atoms with van der Waals surface area (Å²) >= 11 is 3.42.